The average molecular weight is 553 g/mol. The van der Waals surface area contributed by atoms with Crippen LogP contribution in [0.3, 0.4) is 0 Å². The van der Waals surface area contributed by atoms with E-state index in [2.05, 4.69) is 27.5 Å². The van der Waals surface area contributed by atoms with Crippen LogP contribution in [-0.2, 0) is 25.6 Å². The Morgan fingerprint density at radius 1 is 1.03 bits per heavy atom. The van der Waals surface area contributed by atoms with Crippen LogP contribution in [0.1, 0.15) is 42.9 Å². The molecular weight excluding hydrogens is 520 g/mol. The van der Waals surface area contributed by atoms with Gasteiger partial charge in [0.2, 0.25) is 0 Å². The van der Waals surface area contributed by atoms with Crippen molar-refractivity contribution in [2.24, 2.45) is 5.92 Å². The van der Waals surface area contributed by atoms with E-state index in [-0.39, 0.29) is 37.9 Å². The molecule has 2 heterocycles. The van der Waals surface area contributed by atoms with Crippen LogP contribution in [0.15, 0.2) is 72.1 Å². The Bertz CT molecular complexity index is 1210. The minimum Gasteiger partial charge on any atom is -0.465 e. The predicted molar refractivity (Wildman–Crippen MR) is 146 cm³/mol. The van der Waals surface area contributed by atoms with Gasteiger partial charge in [-0.05, 0) is 36.2 Å². The van der Waals surface area contributed by atoms with Gasteiger partial charge in [-0.1, -0.05) is 55.1 Å². The second-order valence-electron chi connectivity index (χ2n) is 8.90. The molecule has 0 spiro atoms. The van der Waals surface area contributed by atoms with E-state index in [1.165, 1.54) is 11.8 Å². The van der Waals surface area contributed by atoms with E-state index < -0.39 is 18.3 Å². The van der Waals surface area contributed by atoms with E-state index in [4.69, 9.17) is 14.2 Å². The maximum atomic E-state index is 12.1. The topological polar surface area (TPSA) is 132 Å². The molecule has 10 nitrogen and oxygen atoms in total. The van der Waals surface area contributed by atoms with Crippen LogP contribution in [-0.4, -0.2) is 52.1 Å². The number of aliphatic hydroxyl groups excluding tert-OH is 1. The van der Waals surface area contributed by atoms with Crippen LogP contribution < -0.4 is 10.6 Å². The van der Waals surface area contributed by atoms with Crippen molar-refractivity contribution in [3.63, 3.8) is 0 Å². The number of aromatic nitrogens is 2. The number of thioether (sulfide) groups is 1. The van der Waals surface area contributed by atoms with E-state index in [1.54, 1.807) is 37.5 Å². The van der Waals surface area contributed by atoms with E-state index >= 15 is 0 Å². The van der Waals surface area contributed by atoms with Crippen LogP contribution in [0.4, 0.5) is 10.5 Å². The summed E-state index contributed by atoms with van der Waals surface area (Å²) in [5.41, 5.74) is 3.17. The largest absolute Gasteiger partial charge is 0.465 e. The van der Waals surface area contributed by atoms with Crippen molar-refractivity contribution in [1.82, 2.24) is 15.3 Å². The van der Waals surface area contributed by atoms with Crippen LogP contribution in [0.2, 0.25) is 0 Å². The van der Waals surface area contributed by atoms with Crippen LogP contribution in [0.25, 0.3) is 0 Å². The van der Waals surface area contributed by atoms with Gasteiger partial charge in [0.25, 0.3) is 0 Å². The summed E-state index contributed by atoms with van der Waals surface area (Å²) in [4.78, 5) is 32.2. The average Bonchev–Trinajstić information content (AvgIpc) is 2.97. The molecule has 0 radical (unpaired) electrons. The van der Waals surface area contributed by atoms with Crippen molar-refractivity contribution in [2.45, 2.75) is 44.1 Å². The zero-order chi connectivity index (χ0) is 27.6. The molecule has 1 fully saturated rings. The van der Waals surface area contributed by atoms with Gasteiger partial charge in [-0.25, -0.2) is 14.8 Å². The third kappa shape index (κ3) is 7.99. The number of esters is 1. The number of rotatable bonds is 10. The number of benzene rings is 2. The second-order valence-corrected chi connectivity index (χ2v) is 9.89. The van der Waals surface area contributed by atoms with Crippen molar-refractivity contribution in [1.29, 1.82) is 0 Å². The summed E-state index contributed by atoms with van der Waals surface area (Å²) >= 11 is 1.53. The van der Waals surface area contributed by atoms with Crippen molar-refractivity contribution in [3.8, 4) is 0 Å². The Hall–Kier alpha value is -3.51. The lowest BCUT2D eigenvalue weighted by molar-refractivity contribution is -0.268. The Morgan fingerprint density at radius 2 is 1.72 bits per heavy atom. The van der Waals surface area contributed by atoms with Gasteiger partial charge in [-0.2, -0.15) is 0 Å². The van der Waals surface area contributed by atoms with E-state index in [9.17, 15) is 14.7 Å². The molecule has 0 aliphatic carbocycles. The van der Waals surface area contributed by atoms with Gasteiger partial charge in [0.1, 0.15) is 6.54 Å². The molecule has 39 heavy (non-hydrogen) atoms. The SMILES string of the molecule is CCOC(=O)CNC(=O)Nc1ccc([C@@H]2O[C@H](CSc3ncccn3)[C@H](C)[C@H](c3ccc(CO)cc3)O2)cc1. The standard InChI is InChI=1S/C28H32N4O6S/c1-3-36-24(34)15-31-27(35)32-22-11-9-21(10-12-22)26-37-23(17-39-28-29-13-4-14-30-28)18(2)25(38-26)20-7-5-19(16-33)6-8-20/h4-14,18,23,25-26,33H,3,15-17H2,1-2H3,(H2,31,32,35)/t18-,23+,25+,26+/m0/s1. The molecule has 206 valence electrons. The lowest BCUT2D eigenvalue weighted by Gasteiger charge is -2.41. The summed E-state index contributed by atoms with van der Waals surface area (Å²) in [6, 6.07) is 16.2. The first-order valence-corrected chi connectivity index (χ1v) is 13.7. The monoisotopic (exact) mass is 552 g/mol. The number of aliphatic hydroxyl groups is 1. The summed E-state index contributed by atoms with van der Waals surface area (Å²) in [6.45, 7) is 3.81. The molecule has 2 amide bonds. The first-order chi connectivity index (χ1) is 19.0. The molecular formula is C28H32N4O6S. The third-order valence-corrected chi connectivity index (χ3v) is 7.15. The van der Waals surface area contributed by atoms with Gasteiger partial charge in [0, 0.05) is 35.3 Å². The zero-order valence-corrected chi connectivity index (χ0v) is 22.6. The fourth-order valence-electron chi connectivity index (χ4n) is 4.09. The van der Waals surface area contributed by atoms with E-state index in [1.807, 2.05) is 36.4 Å². The van der Waals surface area contributed by atoms with Gasteiger partial charge in [0.15, 0.2) is 11.4 Å². The Labute approximate surface area is 231 Å². The first kappa shape index (κ1) is 28.5. The number of amides is 2. The first-order valence-electron chi connectivity index (χ1n) is 12.7. The third-order valence-electron chi connectivity index (χ3n) is 6.18. The van der Waals surface area contributed by atoms with Crippen LogP contribution in [0.5, 0.6) is 0 Å². The number of ether oxygens (including phenoxy) is 3. The summed E-state index contributed by atoms with van der Waals surface area (Å²) in [5, 5.41) is 15.3. The summed E-state index contributed by atoms with van der Waals surface area (Å²) in [7, 11) is 0. The quantitative estimate of drug-likeness (QED) is 0.192. The fraction of sp³-hybridized carbons (Fsp3) is 0.357. The predicted octanol–water partition coefficient (Wildman–Crippen LogP) is 4.24. The highest BCUT2D eigenvalue weighted by atomic mass is 32.2. The van der Waals surface area contributed by atoms with Crippen LogP contribution in [0, 0.1) is 5.92 Å². The number of carbonyl (C=O) groups excluding carboxylic acids is 2. The van der Waals surface area contributed by atoms with Gasteiger partial charge in [-0.15, -0.1) is 0 Å². The molecule has 1 aliphatic heterocycles. The number of nitrogens with one attached hydrogen (secondary N) is 2. The van der Waals surface area contributed by atoms with Crippen molar-refractivity contribution in [3.05, 3.63) is 83.7 Å². The van der Waals surface area contributed by atoms with Crippen LogP contribution >= 0.6 is 11.8 Å². The Morgan fingerprint density at radius 3 is 2.38 bits per heavy atom. The molecule has 0 bridgehead atoms. The number of anilines is 1. The Kier molecular flexibility index (Phi) is 10.3. The molecule has 1 aliphatic rings. The molecule has 1 saturated heterocycles. The molecule has 1 aromatic heterocycles. The molecule has 3 aromatic rings. The highest BCUT2D eigenvalue weighted by Crippen LogP contribution is 2.42. The molecule has 4 rings (SSSR count). The summed E-state index contributed by atoms with van der Waals surface area (Å²) in [5.74, 6) is 0.161. The molecule has 0 saturated carbocycles. The van der Waals surface area contributed by atoms with Gasteiger partial charge in [-0.3, -0.25) is 4.79 Å². The highest BCUT2D eigenvalue weighted by Gasteiger charge is 2.38. The minimum absolute atomic E-state index is 0.0231. The van der Waals surface area contributed by atoms with Crippen molar-refractivity contribution in [2.75, 3.05) is 24.2 Å². The number of hydrogen-bond donors (Lipinski definition) is 3. The normalized spacial score (nSPS) is 20.7. The number of hydrogen-bond acceptors (Lipinski definition) is 9. The minimum atomic E-state index is -0.641. The lowest BCUT2D eigenvalue weighted by atomic mass is 9.91. The maximum Gasteiger partial charge on any atom is 0.325 e. The van der Waals surface area contributed by atoms with E-state index in [0.29, 0.717) is 16.6 Å². The van der Waals surface area contributed by atoms with Crippen molar-refractivity contribution < 1.29 is 28.9 Å². The maximum absolute atomic E-state index is 12.1. The summed E-state index contributed by atoms with van der Waals surface area (Å²) < 4.78 is 17.7. The molecule has 0 unspecified atom stereocenters. The van der Waals surface area contributed by atoms with E-state index in [0.717, 1.165) is 16.7 Å². The fourth-order valence-corrected chi connectivity index (χ4v) is 5.06. The van der Waals surface area contributed by atoms with Crippen molar-refractivity contribution >= 4 is 29.4 Å². The molecule has 2 aromatic carbocycles. The van der Waals surface area contributed by atoms with Gasteiger partial charge < -0.3 is 30.0 Å². The molecule has 4 atom stereocenters. The highest BCUT2D eigenvalue weighted by molar-refractivity contribution is 7.99. The molecule has 3 N–H and O–H groups in total. The number of urea groups is 1. The molecule has 11 heteroatoms. The Balaban J connectivity index is 1.46. The zero-order valence-electron chi connectivity index (χ0n) is 21.8. The summed E-state index contributed by atoms with van der Waals surface area (Å²) in [6.07, 6.45) is 2.38. The second kappa shape index (κ2) is 14.0. The number of nitrogens with zero attached hydrogens (tertiary/aromatic N) is 2. The lowest BCUT2D eigenvalue weighted by Crippen LogP contribution is -2.38. The van der Waals surface area contributed by atoms with Gasteiger partial charge >= 0.3 is 12.0 Å². The number of carbonyl (C=O) groups is 2. The van der Waals surface area contributed by atoms with Gasteiger partial charge in [0.05, 0.1) is 25.4 Å². The smallest absolute Gasteiger partial charge is 0.325 e.